The van der Waals surface area contributed by atoms with Crippen molar-refractivity contribution in [3.63, 3.8) is 0 Å². The van der Waals surface area contributed by atoms with Crippen LogP contribution in [0.3, 0.4) is 0 Å². The molecule has 0 aliphatic heterocycles. The van der Waals surface area contributed by atoms with Gasteiger partial charge in [0, 0.05) is 4.11 Å². The highest BCUT2D eigenvalue weighted by molar-refractivity contribution is 7.20. The second-order valence-electron chi connectivity index (χ2n) is 16.6. The molecule has 0 N–H and O–H groups in total. The maximum absolute atomic E-state index is 8.77. The van der Waals surface area contributed by atoms with Crippen LogP contribution in [-0.2, 0) is 0 Å². The number of hydrogen-bond donors (Lipinski definition) is 0. The van der Waals surface area contributed by atoms with E-state index < -0.39 is 14.9 Å². The van der Waals surface area contributed by atoms with E-state index in [0.717, 1.165) is 77.7 Å². The zero-order valence-electron chi connectivity index (χ0n) is 37.7. The van der Waals surface area contributed by atoms with E-state index in [1.54, 1.807) is 0 Å². The minimum atomic E-state index is -3.15. The summed E-state index contributed by atoms with van der Waals surface area (Å²) in [5.41, 5.74) is 14.9. The molecule has 4 aromatic heterocycles. The van der Waals surface area contributed by atoms with Crippen LogP contribution in [0.15, 0.2) is 173 Å². The first-order chi connectivity index (χ1) is 31.5. The number of fused-ring (bicyclic) bond motifs is 10. The Kier molecular flexibility index (Phi) is 7.25. The van der Waals surface area contributed by atoms with Crippen LogP contribution in [0.4, 0.5) is 0 Å². The largest absolute Gasteiger partial charge is 0.423 e. The summed E-state index contributed by atoms with van der Waals surface area (Å²) in [5.74, 6) is 0.959. The van der Waals surface area contributed by atoms with Gasteiger partial charge in [-0.1, -0.05) is 133 Å². The van der Waals surface area contributed by atoms with Crippen LogP contribution in [0, 0.1) is 34.5 Å². The lowest BCUT2D eigenvalue weighted by Gasteiger charge is -2.35. The number of hydrogen-bond acceptors (Lipinski definition) is 4. The van der Waals surface area contributed by atoms with E-state index in [1.165, 1.54) is 20.7 Å². The molecule has 0 radical (unpaired) electrons. The predicted octanol–water partition coefficient (Wildman–Crippen LogP) is 11.0. The summed E-state index contributed by atoms with van der Waals surface area (Å²) < 4.78 is 42.9. The minimum absolute atomic E-state index is 0.197. The monoisotopic (exact) mass is 821 g/mol. The quantitative estimate of drug-likeness (QED) is 0.124. The Morgan fingerprint density at radius 3 is 1.56 bits per heavy atom. The number of para-hydroxylation sites is 4. The lowest BCUT2D eigenvalue weighted by Crippen LogP contribution is -2.74. The van der Waals surface area contributed by atoms with E-state index >= 15 is 0 Å². The Bertz CT molecular complexity index is 3840. The lowest BCUT2D eigenvalue weighted by molar-refractivity contribution is 0.642. The van der Waals surface area contributed by atoms with Gasteiger partial charge in [-0.25, -0.2) is 0 Å². The maximum atomic E-state index is 8.77. The number of nitrogens with zero attached hydrogens (tertiary/aromatic N) is 4. The smallest absolute Gasteiger partial charge is 0.307 e. The summed E-state index contributed by atoms with van der Waals surface area (Å²) in [5, 5.41) is 4.90. The molecule has 4 heterocycles. The zero-order valence-corrected chi connectivity index (χ0v) is 35.7. The topological polar surface area (TPSA) is 60.9 Å². The second-order valence-corrected chi connectivity index (χ2v) is 20.4. The molecule has 298 valence electrons. The number of aromatic nitrogens is 4. The highest BCUT2D eigenvalue weighted by atomic mass is 28.3. The van der Waals surface area contributed by atoms with Crippen LogP contribution in [0.1, 0.15) is 31.9 Å². The fourth-order valence-electron chi connectivity index (χ4n) is 10.2. The highest BCUT2D eigenvalue weighted by Gasteiger charge is 2.42. The van der Waals surface area contributed by atoms with Gasteiger partial charge in [0.2, 0.25) is 0 Å². The third-order valence-electron chi connectivity index (χ3n) is 12.9. The fraction of sp³-hybridized carbons (Fsp3) is 0.0909. The average molecular weight is 822 g/mol. The Balaban J connectivity index is 1.13. The minimum Gasteiger partial charge on any atom is -0.423 e. The second kappa shape index (κ2) is 13.5. The van der Waals surface area contributed by atoms with E-state index in [-0.39, 0.29) is 5.56 Å². The van der Waals surface area contributed by atoms with Crippen LogP contribution < -0.4 is 20.7 Å². The molecule has 0 amide bonds. The van der Waals surface area contributed by atoms with Gasteiger partial charge in [0.05, 0.1) is 33.1 Å². The molecule has 0 aliphatic carbocycles. The molecular weight excluding hydrogens is 777 g/mol. The molecule has 8 aromatic carbocycles. The zero-order chi connectivity index (χ0) is 44.4. The Morgan fingerprint density at radius 1 is 0.468 bits per heavy atom. The molecule has 0 atom stereocenters. The molecular formula is C55H42N4O2Si. The van der Waals surface area contributed by atoms with Gasteiger partial charge in [-0.05, 0) is 136 Å². The van der Waals surface area contributed by atoms with Crippen molar-refractivity contribution in [3.05, 3.63) is 192 Å². The van der Waals surface area contributed by atoms with Gasteiger partial charge in [0.25, 0.3) is 0 Å². The van der Waals surface area contributed by atoms with Gasteiger partial charge < -0.3 is 8.83 Å². The number of oxazole rings is 2. The predicted molar refractivity (Wildman–Crippen MR) is 257 cm³/mol. The first-order valence-corrected chi connectivity index (χ1v) is 23.0. The van der Waals surface area contributed by atoms with Crippen molar-refractivity contribution >= 4 is 84.8 Å². The standard InChI is InChI=1S/C55H42N4O2Si/c1-33-27-39(45-30-35(3)51-53(37(45)5)59-47-24-13-15-26-49(47)61-55(59)57-51)32-43(28-33)62(40-18-8-6-9-19-40,41-20-10-7-11-21-41)42-22-16-17-38(31-42)44-29-34(2)50-52(36(44)4)58-46-23-12-14-25-48(46)60-54(58)56-50/h6-32H,1-5H3/i3D3. The van der Waals surface area contributed by atoms with Crippen molar-refractivity contribution in [2.75, 3.05) is 0 Å². The normalized spacial score (nSPS) is 13.2. The molecule has 0 fully saturated rings. The fourth-order valence-corrected chi connectivity index (χ4v) is 15.1. The number of imidazole rings is 2. The van der Waals surface area contributed by atoms with Crippen LogP contribution in [0.2, 0.25) is 0 Å². The van der Waals surface area contributed by atoms with E-state index in [9.17, 15) is 0 Å². The van der Waals surface area contributed by atoms with Crippen molar-refractivity contribution in [2.45, 2.75) is 34.5 Å². The molecule has 12 rings (SSSR count). The van der Waals surface area contributed by atoms with Crippen LogP contribution >= 0.6 is 0 Å². The summed E-state index contributed by atoms with van der Waals surface area (Å²) in [6, 6.07) is 57.8. The molecule has 0 unspecified atom stereocenters. The molecule has 7 heteroatoms. The van der Waals surface area contributed by atoms with Crippen molar-refractivity contribution < 1.29 is 12.9 Å². The molecule has 0 spiro atoms. The summed E-state index contributed by atoms with van der Waals surface area (Å²) >= 11 is 0. The van der Waals surface area contributed by atoms with Crippen molar-refractivity contribution in [1.82, 2.24) is 18.8 Å². The Hall–Kier alpha value is -7.48. The van der Waals surface area contributed by atoms with E-state index in [4.69, 9.17) is 22.9 Å². The SMILES string of the molecule is [2H]C([2H])([2H])c1cc(-c2cc(C)cc([Si](c3ccccc3)(c3ccccc3)c3cccc(-c4cc(C)c5nc6oc7ccccc7n6c5c4C)c3)c2)c(C)c2c1nc1oc3ccccc3n12. The first kappa shape index (κ1) is 33.3. The first-order valence-electron chi connectivity index (χ1n) is 22.5. The van der Waals surface area contributed by atoms with Crippen LogP contribution in [0.25, 0.3) is 78.2 Å². The summed E-state index contributed by atoms with van der Waals surface area (Å²) in [7, 11) is -3.15. The van der Waals surface area contributed by atoms with Gasteiger partial charge in [0.15, 0.2) is 19.2 Å². The molecule has 0 saturated heterocycles. The third kappa shape index (κ3) is 5.15. The molecule has 6 nitrogen and oxygen atoms in total. The molecule has 0 aliphatic rings. The number of benzene rings is 8. The highest BCUT2D eigenvalue weighted by Crippen LogP contribution is 2.37. The van der Waals surface area contributed by atoms with Crippen molar-refractivity contribution in [2.24, 2.45) is 0 Å². The average Bonchev–Trinajstić information content (AvgIpc) is 4.07. The summed E-state index contributed by atoms with van der Waals surface area (Å²) in [4.78, 5) is 9.82. The van der Waals surface area contributed by atoms with E-state index in [2.05, 4.69) is 147 Å². The molecule has 0 saturated carbocycles. The van der Waals surface area contributed by atoms with Gasteiger partial charge in [-0.2, -0.15) is 9.97 Å². The molecule has 0 bridgehead atoms. The van der Waals surface area contributed by atoms with E-state index in [0.29, 0.717) is 22.8 Å². The van der Waals surface area contributed by atoms with E-state index in [1.807, 2.05) is 52.9 Å². The molecule has 62 heavy (non-hydrogen) atoms. The maximum Gasteiger partial charge on any atom is 0.307 e. The number of aryl methyl sites for hydroxylation is 5. The van der Waals surface area contributed by atoms with Crippen LogP contribution in [0.5, 0.6) is 0 Å². The van der Waals surface area contributed by atoms with Crippen LogP contribution in [-0.4, -0.2) is 26.8 Å². The van der Waals surface area contributed by atoms with Gasteiger partial charge in [-0.15, -0.1) is 0 Å². The van der Waals surface area contributed by atoms with Crippen molar-refractivity contribution in [3.8, 4) is 22.3 Å². The van der Waals surface area contributed by atoms with Gasteiger partial charge in [-0.3, -0.25) is 8.80 Å². The lowest BCUT2D eigenvalue weighted by atomic mass is 9.95. The summed E-state index contributed by atoms with van der Waals surface area (Å²) in [6.07, 6.45) is 0. The van der Waals surface area contributed by atoms with Gasteiger partial charge in [0.1, 0.15) is 0 Å². The molecule has 12 aromatic rings. The Morgan fingerprint density at radius 2 is 0.968 bits per heavy atom. The van der Waals surface area contributed by atoms with Gasteiger partial charge >= 0.3 is 11.7 Å². The third-order valence-corrected chi connectivity index (χ3v) is 17.7. The number of rotatable bonds is 6. The Labute approximate surface area is 363 Å². The van der Waals surface area contributed by atoms with Crippen molar-refractivity contribution in [1.29, 1.82) is 0 Å². The summed E-state index contributed by atoms with van der Waals surface area (Å²) in [6.45, 7) is 6.11.